The third-order valence-corrected chi connectivity index (χ3v) is 31.4. The Balaban J connectivity index is 0.000000110. The maximum atomic E-state index is 5.68. The number of hydrogen-bond acceptors (Lipinski definition) is 9. The number of benzene rings is 17. The van der Waals surface area contributed by atoms with Crippen LogP contribution in [-0.2, 0) is 16.2 Å². The van der Waals surface area contributed by atoms with Crippen LogP contribution in [0.15, 0.2) is 455 Å². The molecule has 0 spiro atoms. The van der Waals surface area contributed by atoms with Gasteiger partial charge in [-0.25, -0.2) is 29.9 Å². The van der Waals surface area contributed by atoms with Crippen LogP contribution in [0.5, 0.6) is 0 Å². The molecule has 3 aliphatic rings. The van der Waals surface area contributed by atoms with Gasteiger partial charge in [0.05, 0.1) is 67.3 Å². The molecule has 0 radical (unpaired) electrons. The summed E-state index contributed by atoms with van der Waals surface area (Å²) in [6.45, 7) is 13.8. The molecule has 686 valence electrons. The van der Waals surface area contributed by atoms with Crippen LogP contribution in [-0.4, -0.2) is 53.6 Å². The zero-order valence-corrected chi connectivity index (χ0v) is 81.4. The first-order valence-electron chi connectivity index (χ1n) is 49.6. The molecule has 9 heterocycles. The second-order valence-corrected chi connectivity index (χ2v) is 40.6. The molecule has 0 saturated carbocycles. The largest absolute Gasteiger partial charge is 0.309 e. The Morgan fingerprint density at radius 3 is 0.945 bits per heavy atom. The summed E-state index contributed by atoms with van der Waals surface area (Å²) in [5, 5.41) is 10.1. The van der Waals surface area contributed by atoms with E-state index in [1.807, 2.05) is 60.4 Å². The SMILES string of the molecule is CC1(C)c2ccccc2-c2nc(-c3cc(-c4ccncc4)cc(-c4ccncc4)c3)nc(-c3cccc4c3sc3ccc5c6ccccc6n(-c6ccccc6)c5c34)c21.CC1(C)c2ccccc2-c2nc(-c3ccc(-c4ccccc4)cc3)nc(-c3ccc(-n4c5ccccc5c5ccccc54)cc3)c21.CC1(C)c2ccccc2-c2nc(-c3ccccc3)nc(-c3ccc(-n4c5ccccc5c5ccccc54)cc3)c21. The Bertz CT molecular complexity index is 9520. The molecule has 0 saturated heterocycles. The van der Waals surface area contributed by atoms with E-state index in [9.17, 15) is 0 Å². The molecule has 145 heavy (non-hydrogen) atoms. The second kappa shape index (κ2) is 34.1. The predicted molar refractivity (Wildman–Crippen MR) is 599 cm³/mol. The van der Waals surface area contributed by atoms with Gasteiger partial charge in [-0.15, -0.1) is 11.3 Å². The van der Waals surface area contributed by atoms with E-state index in [2.05, 4.69) is 472 Å². The van der Waals surface area contributed by atoms with Crippen molar-refractivity contribution in [3.8, 4) is 152 Å². The van der Waals surface area contributed by atoms with Crippen LogP contribution in [0, 0.1) is 0 Å². The predicted octanol–water partition coefficient (Wildman–Crippen LogP) is 33.8. The van der Waals surface area contributed by atoms with E-state index in [-0.39, 0.29) is 16.2 Å². The highest BCUT2D eigenvalue weighted by atomic mass is 32.1. The summed E-state index contributed by atoms with van der Waals surface area (Å²) in [5.41, 5.74) is 39.9. The molecule has 11 nitrogen and oxygen atoms in total. The van der Waals surface area contributed by atoms with Crippen LogP contribution in [0.4, 0.5) is 0 Å². The van der Waals surface area contributed by atoms with E-state index in [4.69, 9.17) is 29.9 Å². The molecule has 26 aromatic rings. The lowest BCUT2D eigenvalue weighted by Crippen LogP contribution is -2.17. The first kappa shape index (κ1) is 86.0. The van der Waals surface area contributed by atoms with E-state index in [1.165, 1.54) is 136 Å². The highest BCUT2D eigenvalue weighted by Gasteiger charge is 2.44. The van der Waals surface area contributed by atoms with Crippen LogP contribution < -0.4 is 0 Å². The number of nitrogens with zero attached hydrogens (tertiary/aromatic N) is 11. The number of para-hydroxylation sites is 6. The van der Waals surface area contributed by atoms with E-state index in [1.54, 1.807) is 0 Å². The number of fused-ring (bicyclic) bond motifs is 22. The molecule has 0 bridgehead atoms. The Hall–Kier alpha value is -18.1. The Kier molecular flexibility index (Phi) is 20.2. The van der Waals surface area contributed by atoms with Crippen molar-refractivity contribution in [3.63, 3.8) is 0 Å². The molecule has 9 aromatic heterocycles. The Morgan fingerprint density at radius 1 is 0.207 bits per heavy atom. The molecule has 0 atom stereocenters. The average Bonchev–Trinajstić information content (AvgIpc) is 1.54. The lowest BCUT2D eigenvalue weighted by atomic mass is 9.80. The van der Waals surface area contributed by atoms with Gasteiger partial charge in [-0.05, 0) is 165 Å². The van der Waals surface area contributed by atoms with Gasteiger partial charge in [0.15, 0.2) is 17.5 Å². The summed E-state index contributed by atoms with van der Waals surface area (Å²) in [6.07, 6.45) is 7.37. The van der Waals surface area contributed by atoms with Crippen LogP contribution in [0.1, 0.15) is 74.9 Å². The standard InChI is InChI=1S/C53H35N5S.C43H31N3.C37H27N3/c1-53(2)43-17-8-6-14-40(43)48-47(53)49(57-52(56-48)36-30-34(32-21-25-54-26-22-32)29-35(31-36)33-23-27-55-28-24-33)42-16-10-15-41-46-45(59-51(41)42)20-19-39-38-13-7-9-18-44(38)58(50(39)46)37-11-4-3-5-12-37;1-43(2)36-17-9-6-16-35(36)41-39(43)40(44-42(45-41)31-22-20-29(21-23-31)28-12-4-3-5-13-28)30-24-26-32(27-25-30)46-37-18-10-7-14-33(37)34-15-8-11-19-38(34)46;1-37(2)30-17-9-6-16-29(30)35-33(37)34(38-36(39-35)25-12-4-3-5-13-25)24-20-22-26(23-21-24)40-31-18-10-7-14-27(31)28-15-8-11-19-32(28)40/h3-31H,1-2H3;3-27H,1-2H3;3-23H,1-2H3. The summed E-state index contributed by atoms with van der Waals surface area (Å²) >= 11 is 1.86. The molecule has 0 unspecified atom stereocenters. The molecule has 3 aliphatic carbocycles. The smallest absolute Gasteiger partial charge is 0.160 e. The van der Waals surface area contributed by atoms with Gasteiger partial charge in [-0.2, -0.15) is 0 Å². The van der Waals surface area contributed by atoms with Gasteiger partial charge in [-0.1, -0.05) is 357 Å². The van der Waals surface area contributed by atoms with Crippen molar-refractivity contribution < 1.29 is 0 Å². The van der Waals surface area contributed by atoms with Crippen LogP contribution in [0.25, 0.3) is 238 Å². The van der Waals surface area contributed by atoms with Crippen molar-refractivity contribution in [2.75, 3.05) is 0 Å². The zero-order chi connectivity index (χ0) is 96.9. The van der Waals surface area contributed by atoms with Gasteiger partial charge in [0, 0.05) is 177 Å². The molecule has 17 aromatic carbocycles. The van der Waals surface area contributed by atoms with Crippen LogP contribution in [0.2, 0.25) is 0 Å². The van der Waals surface area contributed by atoms with Gasteiger partial charge in [0.2, 0.25) is 0 Å². The quantitative estimate of drug-likeness (QED) is 0.119. The lowest BCUT2D eigenvalue weighted by Gasteiger charge is -2.24. The summed E-state index contributed by atoms with van der Waals surface area (Å²) in [7, 11) is 0. The maximum absolute atomic E-state index is 5.68. The number of pyridine rings is 2. The van der Waals surface area contributed by atoms with Crippen molar-refractivity contribution in [1.29, 1.82) is 0 Å². The van der Waals surface area contributed by atoms with Crippen LogP contribution in [0.3, 0.4) is 0 Å². The van der Waals surface area contributed by atoms with E-state index in [0.29, 0.717) is 5.82 Å². The number of hydrogen-bond donors (Lipinski definition) is 0. The van der Waals surface area contributed by atoms with Crippen molar-refractivity contribution in [1.82, 2.24) is 53.6 Å². The van der Waals surface area contributed by atoms with Crippen molar-refractivity contribution >= 4 is 96.9 Å². The van der Waals surface area contributed by atoms with E-state index in [0.717, 1.165) is 130 Å². The minimum absolute atomic E-state index is 0.206. The molecular weight excluding hydrogens is 1780 g/mol. The zero-order valence-electron chi connectivity index (χ0n) is 80.6. The fraction of sp³-hybridized carbons (Fsp3) is 0.0677. The Morgan fingerprint density at radius 2 is 0.503 bits per heavy atom. The molecule has 0 aliphatic heterocycles. The highest BCUT2D eigenvalue weighted by Crippen LogP contribution is 2.57. The lowest BCUT2D eigenvalue weighted by molar-refractivity contribution is 0.657. The molecular formula is C133H93N11S. The van der Waals surface area contributed by atoms with Gasteiger partial charge in [-0.3, -0.25) is 9.97 Å². The first-order chi connectivity index (χ1) is 71.2. The first-order valence-corrected chi connectivity index (χ1v) is 50.4. The fourth-order valence-corrected chi connectivity index (χ4v) is 24.6. The number of thiophene rings is 1. The molecule has 0 amide bonds. The minimum Gasteiger partial charge on any atom is -0.309 e. The minimum atomic E-state index is -0.327. The number of aromatic nitrogens is 11. The summed E-state index contributed by atoms with van der Waals surface area (Å²) < 4.78 is 9.64. The van der Waals surface area contributed by atoms with Gasteiger partial charge < -0.3 is 13.7 Å². The monoisotopic (exact) mass is 1880 g/mol. The molecule has 0 N–H and O–H groups in total. The summed E-state index contributed by atoms with van der Waals surface area (Å²) in [4.78, 5) is 40.8. The van der Waals surface area contributed by atoms with Gasteiger partial charge in [0.1, 0.15) is 0 Å². The second-order valence-electron chi connectivity index (χ2n) is 39.6. The van der Waals surface area contributed by atoms with Crippen molar-refractivity contribution in [2.45, 2.75) is 57.8 Å². The third-order valence-electron chi connectivity index (χ3n) is 30.2. The van der Waals surface area contributed by atoms with Crippen LogP contribution >= 0.6 is 11.3 Å². The van der Waals surface area contributed by atoms with E-state index < -0.39 is 0 Å². The third kappa shape index (κ3) is 14.0. The van der Waals surface area contributed by atoms with E-state index >= 15 is 0 Å². The summed E-state index contributed by atoms with van der Waals surface area (Å²) in [6, 6.07) is 154. The molecule has 12 heteroatoms. The number of rotatable bonds is 12. The van der Waals surface area contributed by atoms with Crippen molar-refractivity contribution in [3.05, 3.63) is 489 Å². The molecule has 29 rings (SSSR count). The normalized spacial score (nSPS) is 13.2. The van der Waals surface area contributed by atoms with Gasteiger partial charge >= 0.3 is 0 Å². The Labute approximate surface area is 843 Å². The maximum Gasteiger partial charge on any atom is 0.160 e. The van der Waals surface area contributed by atoms with Gasteiger partial charge in [0.25, 0.3) is 0 Å². The highest BCUT2D eigenvalue weighted by molar-refractivity contribution is 7.26. The topological polar surface area (TPSA) is 118 Å². The molecule has 0 fully saturated rings. The average molecular weight is 1880 g/mol. The van der Waals surface area contributed by atoms with Crippen molar-refractivity contribution in [2.24, 2.45) is 0 Å². The summed E-state index contributed by atoms with van der Waals surface area (Å²) in [5.74, 6) is 2.20. The fourth-order valence-electron chi connectivity index (χ4n) is 23.4.